The summed E-state index contributed by atoms with van der Waals surface area (Å²) in [5.74, 6) is -0.421. The molecule has 0 spiro atoms. The highest BCUT2D eigenvalue weighted by molar-refractivity contribution is 7.21. The van der Waals surface area contributed by atoms with Gasteiger partial charge in [-0.25, -0.2) is 4.39 Å². The monoisotopic (exact) mass is 327 g/mol. The van der Waals surface area contributed by atoms with E-state index in [1.807, 2.05) is 18.2 Å². The number of nitrogens with one attached hydrogen (secondary N) is 1. The van der Waals surface area contributed by atoms with E-state index in [0.717, 1.165) is 33.4 Å². The number of carbonyl (C=O) groups is 1. The fraction of sp³-hybridized carbons (Fsp3) is 0.211. The Labute approximate surface area is 139 Å². The minimum Gasteiger partial charge on any atom is -0.347 e. The first kappa shape index (κ1) is 15.7. The Morgan fingerprint density at radius 1 is 1.13 bits per heavy atom. The van der Waals surface area contributed by atoms with Crippen molar-refractivity contribution in [1.82, 2.24) is 5.32 Å². The third-order valence-corrected chi connectivity index (χ3v) is 5.01. The second-order valence-electron chi connectivity index (χ2n) is 5.43. The van der Waals surface area contributed by atoms with Gasteiger partial charge in [-0.3, -0.25) is 4.79 Å². The molecule has 0 saturated carbocycles. The first-order valence-corrected chi connectivity index (χ1v) is 8.54. The van der Waals surface area contributed by atoms with E-state index in [4.69, 9.17) is 0 Å². The van der Waals surface area contributed by atoms with E-state index in [9.17, 15) is 9.18 Å². The molecule has 1 heterocycles. The maximum Gasteiger partial charge on any atom is 0.261 e. The highest BCUT2D eigenvalue weighted by Crippen LogP contribution is 2.32. The molecule has 3 aromatic rings. The molecule has 1 amide bonds. The number of aryl methyl sites for hydroxylation is 1. The van der Waals surface area contributed by atoms with Gasteiger partial charge in [-0.2, -0.15) is 0 Å². The van der Waals surface area contributed by atoms with Crippen molar-refractivity contribution >= 4 is 27.3 Å². The molecule has 2 nitrogen and oxygen atoms in total. The van der Waals surface area contributed by atoms with Gasteiger partial charge >= 0.3 is 0 Å². The first-order valence-electron chi connectivity index (χ1n) is 7.72. The third-order valence-electron chi connectivity index (χ3n) is 3.80. The van der Waals surface area contributed by atoms with E-state index in [0.29, 0.717) is 5.56 Å². The van der Waals surface area contributed by atoms with Gasteiger partial charge in [0.1, 0.15) is 5.82 Å². The zero-order valence-corrected chi connectivity index (χ0v) is 13.8. The van der Waals surface area contributed by atoms with E-state index in [2.05, 4.69) is 18.3 Å². The number of benzene rings is 2. The van der Waals surface area contributed by atoms with Crippen LogP contribution in [0.5, 0.6) is 0 Å². The van der Waals surface area contributed by atoms with E-state index in [1.54, 1.807) is 18.2 Å². The quantitative estimate of drug-likeness (QED) is 0.708. The van der Waals surface area contributed by atoms with Crippen LogP contribution in [0.2, 0.25) is 0 Å². The van der Waals surface area contributed by atoms with Crippen molar-refractivity contribution in [2.24, 2.45) is 0 Å². The van der Waals surface area contributed by atoms with E-state index >= 15 is 0 Å². The third kappa shape index (κ3) is 3.27. The van der Waals surface area contributed by atoms with Gasteiger partial charge < -0.3 is 5.32 Å². The van der Waals surface area contributed by atoms with Crippen molar-refractivity contribution in [1.29, 1.82) is 0 Å². The Bertz CT molecular complexity index is 840. The van der Waals surface area contributed by atoms with Crippen molar-refractivity contribution in [3.8, 4) is 0 Å². The highest BCUT2D eigenvalue weighted by Gasteiger charge is 2.17. The number of hydrogen-bond acceptors (Lipinski definition) is 2. The van der Waals surface area contributed by atoms with Gasteiger partial charge in [-0.15, -0.1) is 11.3 Å². The van der Waals surface area contributed by atoms with Crippen LogP contribution in [0.25, 0.3) is 10.1 Å². The molecule has 0 aliphatic heterocycles. The lowest BCUT2D eigenvalue weighted by atomic mass is 10.1. The van der Waals surface area contributed by atoms with Crippen molar-refractivity contribution < 1.29 is 9.18 Å². The fourth-order valence-electron chi connectivity index (χ4n) is 2.68. The zero-order valence-electron chi connectivity index (χ0n) is 12.9. The van der Waals surface area contributed by atoms with Gasteiger partial charge in [0.05, 0.1) is 4.88 Å². The lowest BCUT2D eigenvalue weighted by Gasteiger charge is -2.07. The van der Waals surface area contributed by atoms with Crippen molar-refractivity contribution in [3.05, 3.63) is 70.4 Å². The van der Waals surface area contributed by atoms with Crippen molar-refractivity contribution in [2.75, 3.05) is 0 Å². The van der Waals surface area contributed by atoms with Crippen LogP contribution in [-0.4, -0.2) is 5.91 Å². The second kappa shape index (κ2) is 6.92. The maximum atomic E-state index is 13.7. The SMILES string of the molecule is CCCc1c(C(=O)NCc2ccccc2F)sc2ccccc12. The van der Waals surface area contributed by atoms with Gasteiger partial charge in [0.15, 0.2) is 0 Å². The number of amides is 1. The molecule has 0 unspecified atom stereocenters. The molecule has 2 aromatic carbocycles. The lowest BCUT2D eigenvalue weighted by molar-refractivity contribution is 0.0954. The topological polar surface area (TPSA) is 29.1 Å². The molecule has 1 N–H and O–H groups in total. The number of halogens is 1. The van der Waals surface area contributed by atoms with Gasteiger partial charge in [0, 0.05) is 16.8 Å². The lowest BCUT2D eigenvalue weighted by Crippen LogP contribution is -2.23. The standard InChI is InChI=1S/C19H18FNOS/c1-2-7-15-14-9-4-6-11-17(14)23-18(15)19(22)21-12-13-8-3-5-10-16(13)20/h3-6,8-11H,2,7,12H2,1H3,(H,21,22). The largest absolute Gasteiger partial charge is 0.347 e. The molecule has 0 radical (unpaired) electrons. The van der Waals surface area contributed by atoms with Crippen LogP contribution in [-0.2, 0) is 13.0 Å². The summed E-state index contributed by atoms with van der Waals surface area (Å²) in [5.41, 5.74) is 1.60. The van der Waals surface area contributed by atoms with Crippen LogP contribution in [0.4, 0.5) is 4.39 Å². The molecule has 0 aliphatic rings. The Morgan fingerprint density at radius 2 is 1.87 bits per heavy atom. The molecule has 0 aliphatic carbocycles. The van der Waals surface area contributed by atoms with Gasteiger partial charge in [0.25, 0.3) is 5.91 Å². The molecule has 4 heteroatoms. The van der Waals surface area contributed by atoms with E-state index in [1.165, 1.54) is 17.4 Å². The number of hydrogen-bond donors (Lipinski definition) is 1. The molecule has 0 atom stereocenters. The molecule has 3 rings (SSSR count). The van der Waals surface area contributed by atoms with Crippen molar-refractivity contribution in [2.45, 2.75) is 26.3 Å². The number of fused-ring (bicyclic) bond motifs is 1. The first-order chi connectivity index (χ1) is 11.2. The normalized spacial score (nSPS) is 10.9. The van der Waals surface area contributed by atoms with Crippen LogP contribution in [0.3, 0.4) is 0 Å². The molecule has 0 fully saturated rings. The molecule has 0 saturated heterocycles. The molecule has 23 heavy (non-hydrogen) atoms. The van der Waals surface area contributed by atoms with Crippen LogP contribution in [0.15, 0.2) is 48.5 Å². The summed E-state index contributed by atoms with van der Waals surface area (Å²) in [6.45, 7) is 2.30. The number of thiophene rings is 1. The highest BCUT2D eigenvalue weighted by atomic mass is 32.1. The van der Waals surface area contributed by atoms with Gasteiger partial charge in [0.2, 0.25) is 0 Å². The summed E-state index contributed by atoms with van der Waals surface area (Å²) in [7, 11) is 0. The Balaban J connectivity index is 1.86. The van der Waals surface area contributed by atoms with Crippen LogP contribution < -0.4 is 5.32 Å². The molecular weight excluding hydrogens is 309 g/mol. The fourth-order valence-corrected chi connectivity index (χ4v) is 3.85. The maximum absolute atomic E-state index is 13.7. The van der Waals surface area contributed by atoms with Crippen LogP contribution in [0, 0.1) is 5.82 Å². The minimum atomic E-state index is -0.294. The predicted molar refractivity (Wildman–Crippen MR) is 93.4 cm³/mol. The molecule has 0 bridgehead atoms. The van der Waals surface area contributed by atoms with Gasteiger partial charge in [-0.05, 0) is 29.5 Å². The van der Waals surface area contributed by atoms with E-state index in [-0.39, 0.29) is 18.3 Å². The minimum absolute atomic E-state index is 0.127. The summed E-state index contributed by atoms with van der Waals surface area (Å²) >= 11 is 1.51. The molecular formula is C19H18FNOS. The summed E-state index contributed by atoms with van der Waals surface area (Å²) in [4.78, 5) is 13.3. The summed E-state index contributed by atoms with van der Waals surface area (Å²) in [5, 5.41) is 4.00. The average Bonchev–Trinajstić information content (AvgIpc) is 2.93. The Hall–Kier alpha value is -2.20. The summed E-state index contributed by atoms with van der Waals surface area (Å²) < 4.78 is 14.8. The van der Waals surface area contributed by atoms with E-state index < -0.39 is 0 Å². The predicted octanol–water partition coefficient (Wildman–Crippen LogP) is 4.92. The number of carbonyl (C=O) groups excluding carboxylic acids is 1. The van der Waals surface area contributed by atoms with Crippen LogP contribution >= 0.6 is 11.3 Å². The average molecular weight is 327 g/mol. The number of rotatable bonds is 5. The summed E-state index contributed by atoms with van der Waals surface area (Å²) in [6, 6.07) is 14.6. The zero-order chi connectivity index (χ0) is 16.2. The van der Waals surface area contributed by atoms with Crippen molar-refractivity contribution in [3.63, 3.8) is 0 Å². The Kier molecular flexibility index (Phi) is 4.72. The Morgan fingerprint density at radius 3 is 2.65 bits per heavy atom. The van der Waals surface area contributed by atoms with Gasteiger partial charge in [-0.1, -0.05) is 49.7 Å². The summed E-state index contributed by atoms with van der Waals surface area (Å²) in [6.07, 6.45) is 1.85. The molecule has 1 aromatic heterocycles. The smallest absolute Gasteiger partial charge is 0.261 e. The second-order valence-corrected chi connectivity index (χ2v) is 6.48. The molecule has 118 valence electrons. The van der Waals surface area contributed by atoms with Crippen LogP contribution in [0.1, 0.15) is 34.1 Å².